The van der Waals surface area contributed by atoms with Crippen LogP contribution < -0.4 is 15.2 Å². The Morgan fingerprint density at radius 1 is 1.04 bits per heavy atom. The Balaban J connectivity index is 2.05. The van der Waals surface area contributed by atoms with Crippen LogP contribution in [0.4, 0.5) is 0 Å². The number of carbonyl (C=O) groups is 1. The van der Waals surface area contributed by atoms with Gasteiger partial charge in [-0.15, -0.1) is 0 Å². The number of hydrogen-bond donors (Lipinski definition) is 1. The van der Waals surface area contributed by atoms with Crippen LogP contribution in [0.25, 0.3) is 0 Å². The van der Waals surface area contributed by atoms with Crippen LogP contribution in [0.1, 0.15) is 29.8 Å². The predicted molar refractivity (Wildman–Crippen MR) is 91.3 cm³/mol. The van der Waals surface area contributed by atoms with E-state index in [1.807, 2.05) is 13.8 Å². The Kier molecular flexibility index (Phi) is 5.78. The highest BCUT2D eigenvalue weighted by Crippen LogP contribution is 2.16. The molecule has 0 saturated carbocycles. The van der Waals surface area contributed by atoms with Crippen LogP contribution in [0, 0.1) is 0 Å². The predicted octanol–water partition coefficient (Wildman–Crippen LogP) is 2.96. The molecule has 2 N–H and O–H groups in total. The van der Waals surface area contributed by atoms with Gasteiger partial charge in [0.15, 0.2) is 5.84 Å². The zero-order valence-corrected chi connectivity index (χ0v) is 13.9. The highest BCUT2D eigenvalue weighted by molar-refractivity contribution is 5.98. The zero-order valence-electron chi connectivity index (χ0n) is 13.9. The van der Waals surface area contributed by atoms with E-state index >= 15 is 0 Å². The van der Waals surface area contributed by atoms with E-state index in [0.29, 0.717) is 22.6 Å². The summed E-state index contributed by atoms with van der Waals surface area (Å²) in [5, 5.41) is 3.68. The van der Waals surface area contributed by atoms with Crippen LogP contribution in [0.5, 0.6) is 11.5 Å². The third-order valence-corrected chi connectivity index (χ3v) is 3.05. The summed E-state index contributed by atoms with van der Waals surface area (Å²) in [5.74, 6) is 0.776. The molecule has 0 aromatic heterocycles. The van der Waals surface area contributed by atoms with Crippen molar-refractivity contribution in [1.29, 1.82) is 0 Å². The first-order valence-electron chi connectivity index (χ1n) is 7.45. The standard InChI is InChI=1S/C18H20N2O4/c1-12(2)23-16-6-4-5-14(11-16)18(21)24-20-17(19)13-7-9-15(22-3)10-8-13/h4-12H,1-3H3,(H2,19,20). The minimum absolute atomic E-state index is 0.0139. The molecule has 0 bridgehead atoms. The molecule has 0 saturated heterocycles. The molecule has 2 aromatic rings. The van der Waals surface area contributed by atoms with Gasteiger partial charge in [0.25, 0.3) is 0 Å². The van der Waals surface area contributed by atoms with E-state index in [9.17, 15) is 4.79 Å². The van der Waals surface area contributed by atoms with Crippen molar-refractivity contribution in [2.75, 3.05) is 7.11 Å². The quantitative estimate of drug-likeness (QED) is 0.381. The van der Waals surface area contributed by atoms with Crippen LogP contribution in [0.2, 0.25) is 0 Å². The van der Waals surface area contributed by atoms with E-state index in [-0.39, 0.29) is 11.9 Å². The first kappa shape index (κ1) is 17.3. The van der Waals surface area contributed by atoms with Gasteiger partial charge in [-0.1, -0.05) is 11.2 Å². The summed E-state index contributed by atoms with van der Waals surface area (Å²) in [4.78, 5) is 17.0. The van der Waals surface area contributed by atoms with Gasteiger partial charge in [0.1, 0.15) is 11.5 Å². The number of benzene rings is 2. The van der Waals surface area contributed by atoms with Crippen molar-refractivity contribution in [3.05, 3.63) is 59.7 Å². The number of amidine groups is 1. The second-order valence-electron chi connectivity index (χ2n) is 5.28. The third kappa shape index (κ3) is 4.74. The molecule has 126 valence electrons. The molecule has 0 radical (unpaired) electrons. The van der Waals surface area contributed by atoms with Crippen LogP contribution in [-0.4, -0.2) is 25.0 Å². The van der Waals surface area contributed by atoms with Gasteiger partial charge in [0.05, 0.1) is 18.8 Å². The fourth-order valence-corrected chi connectivity index (χ4v) is 1.93. The lowest BCUT2D eigenvalue weighted by Crippen LogP contribution is -2.15. The molecule has 0 fully saturated rings. The highest BCUT2D eigenvalue weighted by atomic mass is 16.7. The van der Waals surface area contributed by atoms with Crippen molar-refractivity contribution >= 4 is 11.8 Å². The van der Waals surface area contributed by atoms with Gasteiger partial charge in [-0.25, -0.2) is 4.79 Å². The highest BCUT2D eigenvalue weighted by Gasteiger charge is 2.10. The van der Waals surface area contributed by atoms with Gasteiger partial charge in [-0.2, -0.15) is 0 Å². The molecule has 6 nitrogen and oxygen atoms in total. The number of nitrogens with two attached hydrogens (primary N) is 1. The van der Waals surface area contributed by atoms with E-state index in [4.69, 9.17) is 20.0 Å². The maximum atomic E-state index is 12.1. The minimum Gasteiger partial charge on any atom is -0.497 e. The Bertz CT molecular complexity index is 724. The Hall–Kier alpha value is -3.02. The lowest BCUT2D eigenvalue weighted by atomic mass is 10.2. The molecule has 2 aromatic carbocycles. The van der Waals surface area contributed by atoms with E-state index < -0.39 is 5.97 Å². The van der Waals surface area contributed by atoms with Crippen molar-refractivity contribution in [2.24, 2.45) is 10.9 Å². The van der Waals surface area contributed by atoms with E-state index in [0.717, 1.165) is 0 Å². The lowest BCUT2D eigenvalue weighted by molar-refractivity contribution is 0.0515. The Morgan fingerprint density at radius 2 is 1.75 bits per heavy atom. The molecule has 6 heteroatoms. The molecular weight excluding hydrogens is 308 g/mol. The molecule has 2 rings (SSSR count). The molecule has 0 heterocycles. The summed E-state index contributed by atoms with van der Waals surface area (Å²) in [7, 11) is 1.57. The van der Waals surface area contributed by atoms with Crippen molar-refractivity contribution in [2.45, 2.75) is 20.0 Å². The fourth-order valence-electron chi connectivity index (χ4n) is 1.93. The minimum atomic E-state index is -0.610. The smallest absolute Gasteiger partial charge is 0.365 e. The SMILES string of the molecule is COc1ccc(/C(N)=N\OC(=O)c2cccc(OC(C)C)c2)cc1. The number of methoxy groups -OCH3 is 1. The molecule has 24 heavy (non-hydrogen) atoms. The number of carbonyl (C=O) groups excluding carboxylic acids is 1. The fraction of sp³-hybridized carbons (Fsp3) is 0.222. The second-order valence-corrected chi connectivity index (χ2v) is 5.28. The number of rotatable bonds is 6. The Morgan fingerprint density at radius 3 is 2.38 bits per heavy atom. The van der Waals surface area contributed by atoms with Gasteiger partial charge >= 0.3 is 5.97 Å². The van der Waals surface area contributed by atoms with Gasteiger partial charge in [0, 0.05) is 5.56 Å². The van der Waals surface area contributed by atoms with Crippen molar-refractivity contribution < 1.29 is 19.1 Å². The summed E-state index contributed by atoms with van der Waals surface area (Å²) in [6, 6.07) is 13.6. The summed E-state index contributed by atoms with van der Waals surface area (Å²) < 4.78 is 10.6. The van der Waals surface area contributed by atoms with Crippen molar-refractivity contribution in [1.82, 2.24) is 0 Å². The maximum Gasteiger partial charge on any atom is 0.365 e. The summed E-state index contributed by atoms with van der Waals surface area (Å²) in [5.41, 5.74) is 6.77. The lowest BCUT2D eigenvalue weighted by Gasteiger charge is -2.10. The number of ether oxygens (including phenoxy) is 2. The number of oxime groups is 1. The van der Waals surface area contributed by atoms with Crippen LogP contribution in [0.15, 0.2) is 53.7 Å². The largest absolute Gasteiger partial charge is 0.497 e. The van der Waals surface area contributed by atoms with Crippen LogP contribution in [0.3, 0.4) is 0 Å². The maximum absolute atomic E-state index is 12.1. The average Bonchev–Trinajstić information content (AvgIpc) is 2.59. The summed E-state index contributed by atoms with van der Waals surface area (Å²) >= 11 is 0. The van der Waals surface area contributed by atoms with Crippen LogP contribution >= 0.6 is 0 Å². The molecule has 0 aliphatic carbocycles. The molecule has 0 amide bonds. The number of nitrogens with zero attached hydrogens (tertiary/aromatic N) is 1. The molecule has 0 unspecified atom stereocenters. The first-order valence-corrected chi connectivity index (χ1v) is 7.45. The summed E-state index contributed by atoms with van der Waals surface area (Å²) in [6.45, 7) is 3.82. The van der Waals surface area contributed by atoms with Crippen LogP contribution in [-0.2, 0) is 4.84 Å². The first-order chi connectivity index (χ1) is 11.5. The summed E-state index contributed by atoms with van der Waals surface area (Å²) in [6.07, 6.45) is 0.0139. The normalized spacial score (nSPS) is 11.2. The van der Waals surface area contributed by atoms with E-state index in [1.165, 1.54) is 0 Å². The second kappa shape index (κ2) is 8.01. The Labute approximate surface area is 140 Å². The van der Waals surface area contributed by atoms with Gasteiger partial charge in [-0.05, 0) is 56.3 Å². The number of hydrogen-bond acceptors (Lipinski definition) is 5. The van der Waals surface area contributed by atoms with E-state index in [1.54, 1.807) is 55.6 Å². The van der Waals surface area contributed by atoms with Gasteiger partial charge in [-0.3, -0.25) is 0 Å². The monoisotopic (exact) mass is 328 g/mol. The van der Waals surface area contributed by atoms with Gasteiger partial charge in [0.2, 0.25) is 0 Å². The van der Waals surface area contributed by atoms with Gasteiger partial charge < -0.3 is 20.0 Å². The molecular formula is C18H20N2O4. The molecule has 0 aliphatic heterocycles. The van der Waals surface area contributed by atoms with Crippen molar-refractivity contribution in [3.8, 4) is 11.5 Å². The average molecular weight is 328 g/mol. The molecule has 0 spiro atoms. The van der Waals surface area contributed by atoms with Crippen molar-refractivity contribution in [3.63, 3.8) is 0 Å². The third-order valence-electron chi connectivity index (χ3n) is 3.05. The van der Waals surface area contributed by atoms with E-state index in [2.05, 4.69) is 5.16 Å². The molecule has 0 atom stereocenters. The topological polar surface area (TPSA) is 83.1 Å². The molecule has 0 aliphatic rings. The zero-order chi connectivity index (χ0) is 17.5.